The number of fused-ring (bicyclic) bond motifs is 1. The number of hydrogen-bond donors (Lipinski definition) is 0. The van der Waals surface area contributed by atoms with Crippen LogP contribution in [0.2, 0.25) is 0 Å². The van der Waals surface area contributed by atoms with Crippen molar-refractivity contribution in [3.05, 3.63) is 29.3 Å². The number of benzene rings is 1. The lowest BCUT2D eigenvalue weighted by Crippen LogP contribution is -2.17. The molecule has 90 valence electrons. The summed E-state index contributed by atoms with van der Waals surface area (Å²) in [7, 11) is 1.67. The van der Waals surface area contributed by atoms with Crippen LogP contribution in [0.5, 0.6) is 5.75 Å². The van der Waals surface area contributed by atoms with Crippen molar-refractivity contribution in [3.63, 3.8) is 0 Å². The number of hydrogen-bond acceptors (Lipinski definition) is 4. The number of ether oxygens (including phenoxy) is 1. The van der Waals surface area contributed by atoms with Gasteiger partial charge in [-0.2, -0.15) is 0 Å². The van der Waals surface area contributed by atoms with E-state index in [-0.39, 0.29) is 5.78 Å². The van der Waals surface area contributed by atoms with Gasteiger partial charge >= 0.3 is 0 Å². The van der Waals surface area contributed by atoms with Gasteiger partial charge in [0.1, 0.15) is 5.75 Å². The summed E-state index contributed by atoms with van der Waals surface area (Å²) < 4.78 is 5.34. The third-order valence-electron chi connectivity index (χ3n) is 2.58. The summed E-state index contributed by atoms with van der Waals surface area (Å²) in [6.07, 6.45) is 1.67. The third-order valence-corrected chi connectivity index (χ3v) is 3.75. The van der Waals surface area contributed by atoms with Crippen molar-refractivity contribution in [1.29, 1.82) is 0 Å². The maximum absolute atomic E-state index is 11.2. The van der Waals surface area contributed by atoms with E-state index in [1.165, 1.54) is 0 Å². The third kappa shape index (κ3) is 2.17. The number of rotatable bonds is 3. The Morgan fingerprint density at radius 1 is 1.53 bits per heavy atom. The average Bonchev–Trinajstić information content (AvgIpc) is 2.64. The molecule has 0 spiro atoms. The van der Waals surface area contributed by atoms with Gasteiger partial charge in [0.25, 0.3) is 0 Å². The lowest BCUT2D eigenvalue weighted by molar-refractivity contribution is -0.112. The Balaban J connectivity index is 2.48. The van der Waals surface area contributed by atoms with Crippen molar-refractivity contribution in [1.82, 2.24) is 0 Å². The van der Waals surface area contributed by atoms with Crippen LogP contribution in [-0.4, -0.2) is 19.4 Å². The van der Waals surface area contributed by atoms with Gasteiger partial charge in [-0.3, -0.25) is 4.79 Å². The molecule has 1 heterocycles. The molecule has 1 aromatic rings. The molecule has 1 aliphatic heterocycles. The predicted octanol–water partition coefficient (Wildman–Crippen LogP) is 3.06. The van der Waals surface area contributed by atoms with E-state index in [9.17, 15) is 4.79 Å². The lowest BCUT2D eigenvalue weighted by Gasteiger charge is -2.17. The SMILES string of the molecule is CCN1/C(=C/C(C)=O)Sc2c(OC)cccc21. The maximum atomic E-state index is 11.2. The summed E-state index contributed by atoms with van der Waals surface area (Å²) in [5.41, 5.74) is 1.12. The summed E-state index contributed by atoms with van der Waals surface area (Å²) >= 11 is 1.59. The first-order chi connectivity index (χ1) is 8.17. The molecule has 0 N–H and O–H groups in total. The quantitative estimate of drug-likeness (QED) is 0.770. The van der Waals surface area contributed by atoms with Crippen molar-refractivity contribution in [2.75, 3.05) is 18.6 Å². The monoisotopic (exact) mass is 249 g/mol. The first kappa shape index (κ1) is 12.0. The second kappa shape index (κ2) is 4.84. The first-order valence-electron chi connectivity index (χ1n) is 5.52. The number of carbonyl (C=O) groups is 1. The highest BCUT2D eigenvalue weighted by Gasteiger charge is 2.26. The van der Waals surface area contributed by atoms with E-state index in [1.807, 2.05) is 12.1 Å². The van der Waals surface area contributed by atoms with Crippen LogP contribution in [0.1, 0.15) is 13.8 Å². The number of thioether (sulfide) groups is 1. The Kier molecular flexibility index (Phi) is 3.43. The van der Waals surface area contributed by atoms with Crippen molar-refractivity contribution in [3.8, 4) is 5.75 Å². The molecule has 2 rings (SSSR count). The molecule has 0 unspecified atom stereocenters. The van der Waals surface area contributed by atoms with Crippen LogP contribution in [0.25, 0.3) is 0 Å². The van der Waals surface area contributed by atoms with Crippen molar-refractivity contribution in [2.24, 2.45) is 0 Å². The summed E-state index contributed by atoms with van der Waals surface area (Å²) in [6, 6.07) is 5.96. The molecule has 0 fully saturated rings. The molecular formula is C13H15NO2S. The Morgan fingerprint density at radius 2 is 2.29 bits per heavy atom. The van der Waals surface area contributed by atoms with Crippen LogP contribution in [0.15, 0.2) is 34.2 Å². The minimum atomic E-state index is 0.0673. The van der Waals surface area contributed by atoms with Gasteiger partial charge in [0.15, 0.2) is 5.78 Å². The second-order valence-electron chi connectivity index (χ2n) is 3.75. The highest BCUT2D eigenvalue weighted by molar-refractivity contribution is 8.03. The normalized spacial score (nSPS) is 16.2. The minimum absolute atomic E-state index is 0.0673. The average molecular weight is 249 g/mol. The summed E-state index contributed by atoms with van der Waals surface area (Å²) in [5, 5.41) is 0.972. The Labute approximate surface area is 105 Å². The summed E-state index contributed by atoms with van der Waals surface area (Å²) in [4.78, 5) is 14.4. The van der Waals surface area contributed by atoms with Crippen LogP contribution in [0.3, 0.4) is 0 Å². The smallest absolute Gasteiger partial charge is 0.155 e. The topological polar surface area (TPSA) is 29.5 Å². The van der Waals surface area contributed by atoms with Crippen molar-refractivity contribution < 1.29 is 9.53 Å². The number of anilines is 1. The molecule has 3 nitrogen and oxygen atoms in total. The molecule has 4 heteroatoms. The highest BCUT2D eigenvalue weighted by Crippen LogP contribution is 2.50. The van der Waals surface area contributed by atoms with Crippen LogP contribution in [0.4, 0.5) is 5.69 Å². The molecule has 0 aromatic heterocycles. The molecular weight excluding hydrogens is 234 g/mol. The lowest BCUT2D eigenvalue weighted by atomic mass is 10.2. The maximum Gasteiger partial charge on any atom is 0.155 e. The predicted molar refractivity (Wildman–Crippen MR) is 70.6 cm³/mol. The van der Waals surface area contributed by atoms with E-state index < -0.39 is 0 Å². The number of allylic oxidation sites excluding steroid dienone is 1. The molecule has 0 bridgehead atoms. The molecule has 0 radical (unpaired) electrons. The van der Waals surface area contributed by atoms with Gasteiger partial charge in [-0.15, -0.1) is 0 Å². The van der Waals surface area contributed by atoms with Gasteiger partial charge in [0.05, 0.1) is 22.7 Å². The summed E-state index contributed by atoms with van der Waals surface area (Å²) in [6.45, 7) is 4.48. The zero-order chi connectivity index (χ0) is 12.4. The van der Waals surface area contributed by atoms with Gasteiger partial charge in [-0.05, 0) is 26.0 Å². The van der Waals surface area contributed by atoms with E-state index in [2.05, 4.69) is 17.9 Å². The molecule has 0 saturated carbocycles. The largest absolute Gasteiger partial charge is 0.495 e. The minimum Gasteiger partial charge on any atom is -0.495 e. The van der Waals surface area contributed by atoms with Gasteiger partial charge in [0, 0.05) is 12.6 Å². The zero-order valence-electron chi connectivity index (χ0n) is 10.2. The Hall–Kier alpha value is -1.42. The van der Waals surface area contributed by atoms with E-state index >= 15 is 0 Å². The molecule has 0 atom stereocenters. The van der Waals surface area contributed by atoms with E-state index in [0.717, 1.165) is 27.9 Å². The van der Waals surface area contributed by atoms with Gasteiger partial charge in [0.2, 0.25) is 0 Å². The summed E-state index contributed by atoms with van der Waals surface area (Å²) in [5.74, 6) is 0.927. The number of nitrogens with zero attached hydrogens (tertiary/aromatic N) is 1. The van der Waals surface area contributed by atoms with Crippen molar-refractivity contribution >= 4 is 23.2 Å². The molecule has 0 amide bonds. The first-order valence-corrected chi connectivity index (χ1v) is 6.33. The van der Waals surface area contributed by atoms with Crippen LogP contribution >= 0.6 is 11.8 Å². The van der Waals surface area contributed by atoms with Crippen molar-refractivity contribution in [2.45, 2.75) is 18.7 Å². The molecule has 1 aromatic carbocycles. The Morgan fingerprint density at radius 3 is 2.88 bits per heavy atom. The number of carbonyl (C=O) groups excluding carboxylic acids is 1. The highest BCUT2D eigenvalue weighted by atomic mass is 32.2. The zero-order valence-corrected chi connectivity index (χ0v) is 11.0. The molecule has 1 aliphatic rings. The fourth-order valence-corrected chi connectivity index (χ4v) is 3.17. The van der Waals surface area contributed by atoms with E-state index in [1.54, 1.807) is 31.9 Å². The molecule has 0 aliphatic carbocycles. The van der Waals surface area contributed by atoms with Gasteiger partial charge in [-0.1, -0.05) is 17.8 Å². The molecule has 17 heavy (non-hydrogen) atoms. The Bertz CT molecular complexity index is 482. The number of methoxy groups -OCH3 is 1. The fourth-order valence-electron chi connectivity index (χ4n) is 1.87. The number of ketones is 1. The van der Waals surface area contributed by atoms with Gasteiger partial charge in [-0.25, -0.2) is 0 Å². The van der Waals surface area contributed by atoms with Crippen LogP contribution in [0, 0.1) is 0 Å². The van der Waals surface area contributed by atoms with Gasteiger partial charge < -0.3 is 9.64 Å². The van der Waals surface area contributed by atoms with E-state index in [0.29, 0.717) is 0 Å². The standard InChI is InChI=1S/C13H15NO2S/c1-4-14-10-6-5-7-11(16-3)13(10)17-12(14)8-9(2)15/h5-8H,4H2,1-3H3/b12-8-. The van der Waals surface area contributed by atoms with E-state index in [4.69, 9.17) is 4.74 Å². The molecule has 0 saturated heterocycles. The second-order valence-corrected chi connectivity index (χ2v) is 4.78. The van der Waals surface area contributed by atoms with Crippen LogP contribution in [-0.2, 0) is 4.79 Å². The fraction of sp³-hybridized carbons (Fsp3) is 0.308. The van der Waals surface area contributed by atoms with Crippen LogP contribution < -0.4 is 9.64 Å².